The molecule has 0 spiro atoms. The summed E-state index contributed by atoms with van der Waals surface area (Å²) in [5.74, 6) is 0. The monoisotopic (exact) mass is 414 g/mol. The molecule has 2 N–H and O–H groups in total. The summed E-state index contributed by atoms with van der Waals surface area (Å²) < 4.78 is 1.26. The number of halogens is 1. The van der Waals surface area contributed by atoms with Crippen molar-refractivity contribution in [3.63, 3.8) is 0 Å². The number of unbranched alkanes of at least 4 members (excludes halogenated alkanes) is 8. The van der Waals surface area contributed by atoms with Crippen LogP contribution in [0.15, 0.2) is 15.9 Å². The number of nitrogens with zero attached hydrogens (tertiary/aromatic N) is 2. The molecule has 0 amide bonds. The standard InChI is InChI=1S/C16H25BrN4O2.C2H6/c17-10-8-6-4-2-1-3-5-7-9-11-21-15(22)13-14(19-12-18-13)20-16(21)23;1-2/h12H,1-11H2,(H,18,19)(H,20,23);1-2H3. The van der Waals surface area contributed by atoms with Gasteiger partial charge in [0.25, 0.3) is 5.56 Å². The van der Waals surface area contributed by atoms with Crippen molar-refractivity contribution < 1.29 is 0 Å². The van der Waals surface area contributed by atoms with Crippen molar-refractivity contribution in [1.29, 1.82) is 0 Å². The predicted molar refractivity (Wildman–Crippen MR) is 108 cm³/mol. The van der Waals surface area contributed by atoms with Crippen LogP contribution < -0.4 is 11.2 Å². The summed E-state index contributed by atoms with van der Waals surface area (Å²) in [7, 11) is 0. The molecule has 0 aliphatic carbocycles. The lowest BCUT2D eigenvalue weighted by Crippen LogP contribution is -2.35. The molecule has 0 aliphatic heterocycles. The Kier molecular flexibility index (Phi) is 11.2. The molecular weight excluding hydrogens is 384 g/mol. The zero-order valence-corrected chi connectivity index (χ0v) is 17.0. The summed E-state index contributed by atoms with van der Waals surface area (Å²) in [5.41, 5.74) is 0.0404. The van der Waals surface area contributed by atoms with Crippen LogP contribution in [-0.2, 0) is 6.54 Å². The van der Waals surface area contributed by atoms with Gasteiger partial charge in [0.1, 0.15) is 5.52 Å². The number of rotatable bonds is 11. The SMILES string of the molecule is CC.O=c1[nH]c2nc[nH]c2c(=O)n1CCCCCCCCCCCBr. The van der Waals surface area contributed by atoms with E-state index in [-0.39, 0.29) is 11.2 Å². The summed E-state index contributed by atoms with van der Waals surface area (Å²) >= 11 is 3.45. The second kappa shape index (κ2) is 12.9. The smallest absolute Gasteiger partial charge is 0.330 e. The van der Waals surface area contributed by atoms with Crippen LogP contribution in [0.1, 0.15) is 71.6 Å². The lowest BCUT2D eigenvalue weighted by Gasteiger charge is -2.05. The first-order valence-corrected chi connectivity index (χ1v) is 10.6. The van der Waals surface area contributed by atoms with Crippen LogP contribution in [0.4, 0.5) is 0 Å². The molecule has 2 aromatic heterocycles. The zero-order chi connectivity index (χ0) is 18.5. The Hall–Kier alpha value is -1.37. The van der Waals surface area contributed by atoms with E-state index in [2.05, 4.69) is 30.9 Å². The van der Waals surface area contributed by atoms with E-state index in [1.165, 1.54) is 49.4 Å². The fraction of sp³-hybridized carbons (Fsp3) is 0.722. The number of aromatic nitrogens is 4. The van der Waals surface area contributed by atoms with Gasteiger partial charge < -0.3 is 4.98 Å². The molecule has 2 aromatic rings. The number of hydrogen-bond acceptors (Lipinski definition) is 3. The first-order valence-electron chi connectivity index (χ1n) is 9.46. The van der Waals surface area contributed by atoms with Crippen molar-refractivity contribution in [3.05, 3.63) is 27.2 Å². The molecule has 2 rings (SSSR count). The summed E-state index contributed by atoms with van der Waals surface area (Å²) in [6.45, 7) is 4.47. The van der Waals surface area contributed by atoms with E-state index in [9.17, 15) is 9.59 Å². The topological polar surface area (TPSA) is 83.5 Å². The quantitative estimate of drug-likeness (QED) is 0.423. The molecule has 0 unspecified atom stereocenters. The first kappa shape index (κ1) is 21.7. The van der Waals surface area contributed by atoms with Gasteiger partial charge in [-0.2, -0.15) is 0 Å². The van der Waals surface area contributed by atoms with Crippen LogP contribution in [0.5, 0.6) is 0 Å². The third-order valence-corrected chi connectivity index (χ3v) is 4.64. The van der Waals surface area contributed by atoms with Crippen LogP contribution in [0, 0.1) is 0 Å². The van der Waals surface area contributed by atoms with E-state index < -0.39 is 0 Å². The molecule has 7 heteroatoms. The van der Waals surface area contributed by atoms with Gasteiger partial charge in [0.2, 0.25) is 0 Å². The van der Waals surface area contributed by atoms with Gasteiger partial charge in [-0.1, -0.05) is 74.7 Å². The maximum Gasteiger partial charge on any atom is 0.330 e. The average Bonchev–Trinajstić information content (AvgIpc) is 3.09. The highest BCUT2D eigenvalue weighted by atomic mass is 79.9. The fourth-order valence-electron chi connectivity index (χ4n) is 2.75. The molecule has 0 radical (unpaired) electrons. The first-order chi connectivity index (χ1) is 12.2. The van der Waals surface area contributed by atoms with Crippen molar-refractivity contribution >= 4 is 27.1 Å². The van der Waals surface area contributed by atoms with E-state index in [4.69, 9.17) is 0 Å². The second-order valence-electron chi connectivity index (χ2n) is 5.88. The molecule has 142 valence electrons. The molecule has 2 heterocycles. The van der Waals surface area contributed by atoms with E-state index in [1.54, 1.807) is 0 Å². The summed E-state index contributed by atoms with van der Waals surface area (Å²) in [6, 6.07) is 0. The molecule has 0 saturated heterocycles. The number of alkyl halides is 1. The molecule has 0 bridgehead atoms. The Morgan fingerprint density at radius 1 is 0.960 bits per heavy atom. The lowest BCUT2D eigenvalue weighted by atomic mass is 10.1. The van der Waals surface area contributed by atoms with Crippen LogP contribution in [0.2, 0.25) is 0 Å². The van der Waals surface area contributed by atoms with E-state index in [0.29, 0.717) is 17.7 Å². The van der Waals surface area contributed by atoms with E-state index in [1.807, 2.05) is 13.8 Å². The van der Waals surface area contributed by atoms with Crippen molar-refractivity contribution in [2.24, 2.45) is 0 Å². The van der Waals surface area contributed by atoms with Crippen LogP contribution in [0.3, 0.4) is 0 Å². The highest BCUT2D eigenvalue weighted by Crippen LogP contribution is 2.10. The minimum Gasteiger partial charge on any atom is -0.339 e. The zero-order valence-electron chi connectivity index (χ0n) is 15.4. The number of fused-ring (bicyclic) bond motifs is 1. The van der Waals surface area contributed by atoms with Crippen molar-refractivity contribution in [1.82, 2.24) is 19.5 Å². The molecule has 0 saturated carbocycles. The van der Waals surface area contributed by atoms with Gasteiger partial charge in [0.05, 0.1) is 6.33 Å². The number of H-pyrrole nitrogens is 2. The Morgan fingerprint density at radius 3 is 2.12 bits per heavy atom. The second-order valence-corrected chi connectivity index (χ2v) is 6.68. The van der Waals surface area contributed by atoms with Gasteiger partial charge in [-0.25, -0.2) is 9.78 Å². The van der Waals surface area contributed by atoms with Crippen LogP contribution in [0.25, 0.3) is 11.2 Å². The number of imidazole rings is 1. The largest absolute Gasteiger partial charge is 0.339 e. The third kappa shape index (κ3) is 7.18. The van der Waals surface area contributed by atoms with Crippen LogP contribution in [-0.4, -0.2) is 24.8 Å². The minimum absolute atomic E-state index is 0.284. The molecule has 0 fully saturated rings. The van der Waals surface area contributed by atoms with Gasteiger partial charge >= 0.3 is 5.69 Å². The molecular formula is C18H31BrN4O2. The Balaban J connectivity index is 0.00000151. The summed E-state index contributed by atoms with van der Waals surface area (Å²) in [5, 5.41) is 1.11. The van der Waals surface area contributed by atoms with Crippen molar-refractivity contribution in [2.45, 2.75) is 78.2 Å². The van der Waals surface area contributed by atoms with Gasteiger partial charge in [-0.3, -0.25) is 14.3 Å². The molecule has 6 nitrogen and oxygen atoms in total. The predicted octanol–water partition coefficient (Wildman–Crippen LogP) is 4.34. The highest BCUT2D eigenvalue weighted by Gasteiger charge is 2.08. The Labute approximate surface area is 157 Å². The van der Waals surface area contributed by atoms with Gasteiger partial charge in [-0.05, 0) is 12.8 Å². The van der Waals surface area contributed by atoms with E-state index in [0.717, 1.165) is 24.6 Å². The molecule has 25 heavy (non-hydrogen) atoms. The third-order valence-electron chi connectivity index (χ3n) is 4.08. The highest BCUT2D eigenvalue weighted by molar-refractivity contribution is 9.09. The average molecular weight is 415 g/mol. The van der Waals surface area contributed by atoms with Gasteiger partial charge in [0.15, 0.2) is 5.65 Å². The molecule has 0 aliphatic rings. The van der Waals surface area contributed by atoms with Crippen LogP contribution >= 0.6 is 15.9 Å². The molecule has 0 atom stereocenters. The van der Waals surface area contributed by atoms with Gasteiger partial charge in [-0.15, -0.1) is 0 Å². The van der Waals surface area contributed by atoms with Crippen molar-refractivity contribution in [3.8, 4) is 0 Å². The minimum atomic E-state index is -0.374. The van der Waals surface area contributed by atoms with Crippen molar-refractivity contribution in [2.75, 3.05) is 5.33 Å². The number of aromatic amines is 2. The lowest BCUT2D eigenvalue weighted by molar-refractivity contribution is 0.525. The maximum absolute atomic E-state index is 12.2. The summed E-state index contributed by atoms with van der Waals surface area (Å²) in [4.78, 5) is 33.4. The Bertz CT molecular complexity index is 705. The van der Waals surface area contributed by atoms with Gasteiger partial charge in [0, 0.05) is 11.9 Å². The number of nitrogens with one attached hydrogen (secondary N) is 2. The number of hydrogen-bond donors (Lipinski definition) is 2. The maximum atomic E-state index is 12.2. The Morgan fingerprint density at radius 2 is 1.52 bits per heavy atom. The molecule has 0 aromatic carbocycles. The summed E-state index contributed by atoms with van der Waals surface area (Å²) in [6.07, 6.45) is 12.2. The fourth-order valence-corrected chi connectivity index (χ4v) is 3.15. The van der Waals surface area contributed by atoms with E-state index >= 15 is 0 Å². The normalized spacial score (nSPS) is 10.7.